The van der Waals surface area contributed by atoms with Crippen LogP contribution in [0.2, 0.25) is 0 Å². The summed E-state index contributed by atoms with van der Waals surface area (Å²) in [5, 5.41) is 4.91. The summed E-state index contributed by atoms with van der Waals surface area (Å²) in [5.74, 6) is 1.81. The molecule has 24 heavy (non-hydrogen) atoms. The van der Waals surface area contributed by atoms with Gasteiger partial charge < -0.3 is 9.51 Å². The highest BCUT2D eigenvalue weighted by Crippen LogP contribution is 2.24. The van der Waals surface area contributed by atoms with Gasteiger partial charge in [0.15, 0.2) is 11.0 Å². The van der Waals surface area contributed by atoms with E-state index in [1.165, 1.54) is 11.1 Å². The number of aryl methyl sites for hydroxylation is 2. The molecule has 2 aromatic heterocycles. The van der Waals surface area contributed by atoms with Crippen LogP contribution in [0.5, 0.6) is 0 Å². The summed E-state index contributed by atoms with van der Waals surface area (Å²) in [6, 6.07) is 14.2. The number of rotatable bonds is 4. The molecule has 0 amide bonds. The molecule has 0 bridgehead atoms. The van der Waals surface area contributed by atoms with E-state index in [0.717, 1.165) is 21.8 Å². The van der Waals surface area contributed by atoms with Crippen LogP contribution < -0.4 is 0 Å². The highest BCUT2D eigenvalue weighted by Gasteiger charge is 2.10. The third-order valence-electron chi connectivity index (χ3n) is 3.72. The summed E-state index contributed by atoms with van der Waals surface area (Å²) in [6.45, 7) is 4.12. The van der Waals surface area contributed by atoms with Crippen LogP contribution in [0.3, 0.4) is 0 Å². The molecule has 0 aliphatic rings. The summed E-state index contributed by atoms with van der Waals surface area (Å²) in [4.78, 5) is 12.3. The molecule has 0 atom stereocenters. The SMILES string of the molecule is Cc1ccc(-c2nc(CSc3nc4ccc(C)cc4[nH]3)no2)cc1. The fourth-order valence-electron chi connectivity index (χ4n) is 2.43. The first-order chi connectivity index (χ1) is 11.7. The van der Waals surface area contributed by atoms with Gasteiger partial charge in [0.2, 0.25) is 0 Å². The summed E-state index contributed by atoms with van der Waals surface area (Å²) in [6.07, 6.45) is 0. The highest BCUT2D eigenvalue weighted by molar-refractivity contribution is 7.98. The fraction of sp³-hybridized carbons (Fsp3) is 0.167. The Morgan fingerprint density at radius 3 is 2.62 bits per heavy atom. The molecular weight excluding hydrogens is 320 g/mol. The van der Waals surface area contributed by atoms with E-state index in [1.54, 1.807) is 11.8 Å². The van der Waals surface area contributed by atoms with Crippen LogP contribution in [0.15, 0.2) is 52.1 Å². The average Bonchev–Trinajstić information content (AvgIpc) is 3.19. The Morgan fingerprint density at radius 1 is 1.00 bits per heavy atom. The largest absolute Gasteiger partial charge is 0.334 e. The number of H-pyrrole nitrogens is 1. The smallest absolute Gasteiger partial charge is 0.257 e. The first-order valence-corrected chi connectivity index (χ1v) is 8.65. The van der Waals surface area contributed by atoms with Crippen molar-refractivity contribution in [1.82, 2.24) is 20.1 Å². The van der Waals surface area contributed by atoms with Crippen molar-refractivity contribution in [3.05, 3.63) is 59.4 Å². The van der Waals surface area contributed by atoms with Crippen molar-refractivity contribution < 1.29 is 4.52 Å². The van der Waals surface area contributed by atoms with Gasteiger partial charge in [-0.15, -0.1) is 0 Å². The number of benzene rings is 2. The first kappa shape index (κ1) is 15.0. The van der Waals surface area contributed by atoms with Crippen molar-refractivity contribution in [3.63, 3.8) is 0 Å². The van der Waals surface area contributed by atoms with E-state index in [9.17, 15) is 0 Å². The fourth-order valence-corrected chi connectivity index (χ4v) is 3.16. The number of aromatic nitrogens is 4. The predicted octanol–water partition coefficient (Wildman–Crippen LogP) is 4.52. The van der Waals surface area contributed by atoms with Crippen molar-refractivity contribution in [2.24, 2.45) is 0 Å². The molecule has 1 N–H and O–H groups in total. The van der Waals surface area contributed by atoms with Crippen molar-refractivity contribution in [2.45, 2.75) is 24.8 Å². The molecule has 120 valence electrons. The Kier molecular flexibility index (Phi) is 3.82. The summed E-state index contributed by atoms with van der Waals surface area (Å²) < 4.78 is 5.35. The maximum Gasteiger partial charge on any atom is 0.257 e. The number of hydrogen-bond donors (Lipinski definition) is 1. The average molecular weight is 336 g/mol. The maximum atomic E-state index is 5.35. The third kappa shape index (κ3) is 3.05. The molecule has 0 spiro atoms. The van der Waals surface area contributed by atoms with Gasteiger partial charge in [-0.25, -0.2) is 4.98 Å². The van der Waals surface area contributed by atoms with Gasteiger partial charge >= 0.3 is 0 Å². The molecule has 0 saturated heterocycles. The maximum absolute atomic E-state index is 5.35. The van der Waals surface area contributed by atoms with Gasteiger partial charge in [0.1, 0.15) is 0 Å². The number of thioether (sulfide) groups is 1. The van der Waals surface area contributed by atoms with E-state index in [-0.39, 0.29) is 0 Å². The van der Waals surface area contributed by atoms with Crippen LogP contribution >= 0.6 is 11.8 Å². The Hall–Kier alpha value is -2.60. The van der Waals surface area contributed by atoms with Gasteiger partial charge in [0.25, 0.3) is 5.89 Å². The lowest BCUT2D eigenvalue weighted by molar-refractivity contribution is 0.425. The highest BCUT2D eigenvalue weighted by atomic mass is 32.2. The van der Waals surface area contributed by atoms with E-state index in [0.29, 0.717) is 17.5 Å². The molecule has 2 heterocycles. The monoisotopic (exact) mass is 336 g/mol. The minimum Gasteiger partial charge on any atom is -0.334 e. The first-order valence-electron chi connectivity index (χ1n) is 7.66. The molecule has 5 nitrogen and oxygen atoms in total. The Bertz CT molecular complexity index is 988. The Labute approximate surface area is 143 Å². The zero-order valence-corrected chi connectivity index (χ0v) is 14.2. The zero-order valence-electron chi connectivity index (χ0n) is 13.4. The molecule has 0 aliphatic heterocycles. The molecular formula is C18H16N4OS. The van der Waals surface area contributed by atoms with Gasteiger partial charge in [-0.2, -0.15) is 4.98 Å². The lowest BCUT2D eigenvalue weighted by Gasteiger charge is -1.94. The van der Waals surface area contributed by atoms with E-state index in [2.05, 4.69) is 46.1 Å². The molecule has 0 aliphatic carbocycles. The van der Waals surface area contributed by atoms with Crippen molar-refractivity contribution >= 4 is 22.8 Å². The Balaban J connectivity index is 1.48. The number of hydrogen-bond acceptors (Lipinski definition) is 5. The molecule has 0 fully saturated rings. The zero-order chi connectivity index (χ0) is 16.5. The molecule has 4 rings (SSSR count). The summed E-state index contributed by atoms with van der Waals surface area (Å²) in [7, 11) is 0. The number of imidazole rings is 1. The van der Waals surface area contributed by atoms with Crippen molar-refractivity contribution in [2.75, 3.05) is 0 Å². The van der Waals surface area contributed by atoms with Crippen LogP contribution in [-0.2, 0) is 5.75 Å². The lowest BCUT2D eigenvalue weighted by Crippen LogP contribution is -1.85. The van der Waals surface area contributed by atoms with Gasteiger partial charge in [0.05, 0.1) is 16.8 Å². The van der Waals surface area contributed by atoms with Crippen molar-refractivity contribution in [1.29, 1.82) is 0 Å². The third-order valence-corrected chi connectivity index (χ3v) is 4.59. The predicted molar refractivity (Wildman–Crippen MR) is 94.9 cm³/mol. The quantitative estimate of drug-likeness (QED) is 0.555. The van der Waals surface area contributed by atoms with Crippen LogP contribution in [0.4, 0.5) is 0 Å². The minimum atomic E-state index is 0.547. The number of aromatic amines is 1. The second kappa shape index (κ2) is 6.13. The van der Waals surface area contributed by atoms with E-state index in [1.807, 2.05) is 30.3 Å². The summed E-state index contributed by atoms with van der Waals surface area (Å²) >= 11 is 1.56. The second-order valence-electron chi connectivity index (χ2n) is 5.73. The molecule has 6 heteroatoms. The second-order valence-corrected chi connectivity index (χ2v) is 6.70. The normalized spacial score (nSPS) is 11.2. The van der Waals surface area contributed by atoms with Crippen molar-refractivity contribution in [3.8, 4) is 11.5 Å². The summed E-state index contributed by atoms with van der Waals surface area (Å²) in [5.41, 5.74) is 5.36. The standard InChI is InChI=1S/C18H16N4OS/c1-11-3-6-13(7-4-11)17-21-16(22-23-17)10-24-18-19-14-8-5-12(2)9-15(14)20-18/h3-9H,10H2,1-2H3,(H,19,20). The van der Waals surface area contributed by atoms with Gasteiger partial charge in [-0.05, 0) is 43.7 Å². The van der Waals surface area contributed by atoms with Crippen LogP contribution in [0.1, 0.15) is 17.0 Å². The van der Waals surface area contributed by atoms with E-state index in [4.69, 9.17) is 4.52 Å². The lowest BCUT2D eigenvalue weighted by atomic mass is 10.1. The molecule has 0 radical (unpaired) electrons. The Morgan fingerprint density at radius 2 is 1.79 bits per heavy atom. The number of nitrogens with zero attached hydrogens (tertiary/aromatic N) is 3. The number of fused-ring (bicyclic) bond motifs is 1. The van der Waals surface area contributed by atoms with Crippen LogP contribution in [0.25, 0.3) is 22.5 Å². The minimum absolute atomic E-state index is 0.547. The van der Waals surface area contributed by atoms with E-state index >= 15 is 0 Å². The number of nitrogens with one attached hydrogen (secondary N) is 1. The van der Waals surface area contributed by atoms with E-state index < -0.39 is 0 Å². The molecule has 4 aromatic rings. The molecule has 0 saturated carbocycles. The van der Waals surface area contributed by atoms with Gasteiger partial charge in [0, 0.05) is 5.56 Å². The topological polar surface area (TPSA) is 67.6 Å². The van der Waals surface area contributed by atoms with Gasteiger partial charge in [-0.1, -0.05) is 40.7 Å². The van der Waals surface area contributed by atoms with Crippen LogP contribution in [0, 0.1) is 13.8 Å². The molecule has 0 unspecified atom stereocenters. The van der Waals surface area contributed by atoms with Gasteiger partial charge in [-0.3, -0.25) is 0 Å². The van der Waals surface area contributed by atoms with Crippen LogP contribution in [-0.4, -0.2) is 20.1 Å². The molecule has 2 aromatic carbocycles.